The molecule has 0 spiro atoms. The number of hydrogen-bond donors (Lipinski definition) is 8. The highest BCUT2D eigenvalue weighted by atomic mass is 31.2. The van der Waals surface area contributed by atoms with Crippen molar-refractivity contribution in [2.45, 2.75) is 70.6 Å². The molecule has 2 heterocycles. The molecular formula is C31H50BN5O12P2. The van der Waals surface area contributed by atoms with E-state index in [-0.39, 0.29) is 37.5 Å². The smallest absolute Gasteiger partial charge is 0.408 e. The van der Waals surface area contributed by atoms with Crippen LogP contribution in [0.4, 0.5) is 0 Å². The lowest BCUT2D eigenvalue weighted by atomic mass is 9.73. The molecule has 1 aromatic heterocycles. The third kappa shape index (κ3) is 15.6. The van der Waals surface area contributed by atoms with Crippen LogP contribution >= 0.6 is 15.2 Å². The summed E-state index contributed by atoms with van der Waals surface area (Å²) < 4.78 is 34.8. The first-order valence-corrected chi connectivity index (χ1v) is 19.8. The van der Waals surface area contributed by atoms with Gasteiger partial charge >= 0.3 is 22.3 Å². The van der Waals surface area contributed by atoms with Gasteiger partial charge in [-0.3, -0.25) is 33.4 Å². The van der Waals surface area contributed by atoms with Gasteiger partial charge in [-0.05, 0) is 56.4 Å². The molecule has 0 bridgehead atoms. The standard InChI is InChI=1S/C31H50BN5O12P2/c1-6-7-8-10-22(4)24-18-25(20-33-19-24)29(40)36-28(23(5)38)30(41)34-26(17-21(2)3)32-48-15-13-37(14-16-49-32)12-9-11-27(39)35-31(50(42,43)44)51(45,46)47/h6-8,10,18-21,23,26,28,31,38H,1,9,11-17H2,2-5H3,(H,34,41)(H,35,39)(H,36,40)(H2,42,43,44)(H2,45,46,47)/b8-7-,22-10+/t23-,26+,28?/m1/s1. The summed E-state index contributed by atoms with van der Waals surface area (Å²) in [6.07, 6.45) is 9.20. The van der Waals surface area contributed by atoms with Crippen molar-refractivity contribution in [2.24, 2.45) is 5.92 Å². The van der Waals surface area contributed by atoms with E-state index in [1.165, 1.54) is 13.1 Å². The van der Waals surface area contributed by atoms with Crippen molar-refractivity contribution < 1.29 is 57.5 Å². The molecule has 17 nitrogen and oxygen atoms in total. The van der Waals surface area contributed by atoms with E-state index in [1.54, 1.807) is 35.8 Å². The highest BCUT2D eigenvalue weighted by Crippen LogP contribution is 2.58. The number of aromatic nitrogens is 1. The Balaban J connectivity index is 2.00. The van der Waals surface area contributed by atoms with Crippen molar-refractivity contribution in [3.8, 4) is 0 Å². The summed E-state index contributed by atoms with van der Waals surface area (Å²) in [5.74, 6) is -2.68. The summed E-state index contributed by atoms with van der Waals surface area (Å²) in [4.78, 5) is 81.7. The molecule has 1 aliphatic heterocycles. The van der Waals surface area contributed by atoms with Crippen molar-refractivity contribution >= 4 is 45.6 Å². The van der Waals surface area contributed by atoms with E-state index in [0.717, 1.165) is 5.57 Å². The second kappa shape index (κ2) is 20.9. The van der Waals surface area contributed by atoms with Gasteiger partial charge in [-0.15, -0.1) is 0 Å². The van der Waals surface area contributed by atoms with Crippen LogP contribution in [0.2, 0.25) is 0 Å². The van der Waals surface area contributed by atoms with Gasteiger partial charge in [0.25, 0.3) is 5.91 Å². The molecule has 1 aliphatic rings. The summed E-state index contributed by atoms with van der Waals surface area (Å²) in [6.45, 7) is 12.3. The molecule has 20 heteroatoms. The van der Waals surface area contributed by atoms with Crippen LogP contribution in [-0.4, -0.2) is 116 Å². The quantitative estimate of drug-likeness (QED) is 0.0594. The molecule has 1 aromatic rings. The highest BCUT2D eigenvalue weighted by Gasteiger charge is 2.44. The van der Waals surface area contributed by atoms with Gasteiger partial charge in [0.15, 0.2) is 0 Å². The zero-order valence-corrected chi connectivity index (χ0v) is 31.0. The van der Waals surface area contributed by atoms with Crippen molar-refractivity contribution in [1.29, 1.82) is 0 Å². The largest absolute Gasteiger partial charge is 0.480 e. The first-order valence-electron chi connectivity index (χ1n) is 16.4. The molecule has 284 valence electrons. The Kier molecular flexibility index (Phi) is 18.1. The molecule has 51 heavy (non-hydrogen) atoms. The maximum absolute atomic E-state index is 13.5. The van der Waals surface area contributed by atoms with E-state index in [1.807, 2.05) is 31.7 Å². The average molecular weight is 758 g/mol. The first-order chi connectivity index (χ1) is 23.8. The number of carbonyl (C=O) groups is 3. The summed E-state index contributed by atoms with van der Waals surface area (Å²) >= 11 is 0. The van der Waals surface area contributed by atoms with Crippen LogP contribution in [-0.2, 0) is 28.0 Å². The molecule has 1 saturated heterocycles. The zero-order chi connectivity index (χ0) is 38.4. The molecule has 0 saturated carbocycles. The van der Waals surface area contributed by atoms with Gasteiger partial charge in [-0.1, -0.05) is 44.7 Å². The fraction of sp³-hybridized carbons (Fsp3) is 0.548. The van der Waals surface area contributed by atoms with E-state index in [2.05, 4.69) is 22.2 Å². The number of pyridine rings is 1. The molecule has 2 rings (SSSR count). The van der Waals surface area contributed by atoms with Gasteiger partial charge in [0.1, 0.15) is 6.04 Å². The topological polar surface area (TPSA) is 257 Å². The van der Waals surface area contributed by atoms with Crippen LogP contribution in [0.25, 0.3) is 5.57 Å². The second-order valence-corrected chi connectivity index (χ2v) is 16.3. The Morgan fingerprint density at radius 1 is 1.00 bits per heavy atom. The lowest BCUT2D eigenvalue weighted by molar-refractivity contribution is -0.126. The number of carbonyl (C=O) groups excluding carboxylic acids is 3. The first kappa shape index (κ1) is 44.1. The van der Waals surface area contributed by atoms with E-state index in [0.29, 0.717) is 31.6 Å². The molecule has 1 fully saturated rings. The Morgan fingerprint density at radius 2 is 1.61 bits per heavy atom. The Morgan fingerprint density at radius 3 is 2.16 bits per heavy atom. The zero-order valence-electron chi connectivity index (χ0n) is 29.3. The molecule has 3 amide bonds. The molecular weight excluding hydrogens is 707 g/mol. The third-order valence-electron chi connectivity index (χ3n) is 7.67. The normalized spacial score (nSPS) is 17.1. The molecule has 8 N–H and O–H groups in total. The molecule has 3 atom stereocenters. The second-order valence-electron chi connectivity index (χ2n) is 12.5. The van der Waals surface area contributed by atoms with Crippen LogP contribution in [0.15, 0.2) is 49.3 Å². The number of nitrogens with one attached hydrogen (secondary N) is 3. The number of allylic oxidation sites excluding steroid dienone is 5. The average Bonchev–Trinajstić information content (AvgIpc) is 3.01. The fourth-order valence-corrected chi connectivity index (χ4v) is 7.25. The van der Waals surface area contributed by atoms with Crippen LogP contribution in [0.3, 0.4) is 0 Å². The minimum atomic E-state index is -5.29. The van der Waals surface area contributed by atoms with Gasteiger partial charge in [0.05, 0.1) is 17.6 Å². The molecule has 1 unspecified atom stereocenters. The van der Waals surface area contributed by atoms with E-state index < -0.39 is 63.6 Å². The van der Waals surface area contributed by atoms with Crippen LogP contribution in [0.1, 0.15) is 62.9 Å². The van der Waals surface area contributed by atoms with Gasteiger partial charge in [0, 0.05) is 45.1 Å². The monoisotopic (exact) mass is 757 g/mol. The number of nitrogens with zero attached hydrogens (tertiary/aromatic N) is 2. The van der Waals surface area contributed by atoms with E-state index >= 15 is 0 Å². The van der Waals surface area contributed by atoms with E-state index in [9.17, 15) is 48.2 Å². The van der Waals surface area contributed by atoms with Gasteiger partial charge in [-0.25, -0.2) is 0 Å². The summed E-state index contributed by atoms with van der Waals surface area (Å²) in [5, 5.41) is 17.7. The van der Waals surface area contributed by atoms with Crippen molar-refractivity contribution in [2.75, 3.05) is 32.8 Å². The molecule has 0 aromatic carbocycles. The third-order valence-corrected chi connectivity index (χ3v) is 11.0. The molecule has 0 radical (unpaired) electrons. The maximum atomic E-state index is 13.5. The lowest BCUT2D eigenvalue weighted by Gasteiger charge is -2.32. The van der Waals surface area contributed by atoms with Crippen molar-refractivity contribution in [3.05, 3.63) is 60.5 Å². The summed E-state index contributed by atoms with van der Waals surface area (Å²) in [5.41, 5.74) is -0.862. The number of rotatable bonds is 18. The number of aliphatic hydroxyl groups excluding tert-OH is 1. The van der Waals surface area contributed by atoms with Crippen LogP contribution in [0, 0.1) is 5.92 Å². The summed E-state index contributed by atoms with van der Waals surface area (Å²) in [7, 11) is -11.4. The van der Waals surface area contributed by atoms with Crippen molar-refractivity contribution in [3.63, 3.8) is 0 Å². The number of hydrogen-bond acceptors (Lipinski definition) is 10. The Bertz CT molecular complexity index is 1470. The highest BCUT2D eigenvalue weighted by molar-refractivity contribution is 7.70. The SMILES string of the molecule is C=C/C=C\C=C(/C)c1cncc(C(=O)NC(C(=O)N[C@@H](CC(C)C)B2OCCN(CCCC(=O)NC(P(=O)(O)O)P(=O)(O)O)CCO2)[C@@H](C)O)c1. The summed E-state index contributed by atoms with van der Waals surface area (Å²) in [6, 6.07) is 0.333. The number of amides is 3. The maximum Gasteiger partial charge on any atom is 0.480 e. The van der Waals surface area contributed by atoms with E-state index in [4.69, 9.17) is 9.31 Å². The number of aliphatic hydroxyl groups is 1. The lowest BCUT2D eigenvalue weighted by Crippen LogP contribution is -2.59. The minimum Gasteiger partial charge on any atom is -0.408 e. The molecule has 0 aliphatic carbocycles. The minimum absolute atomic E-state index is 0.109. The Labute approximate surface area is 298 Å². The Hall–Kier alpha value is -3.02. The predicted molar refractivity (Wildman–Crippen MR) is 191 cm³/mol. The van der Waals surface area contributed by atoms with Crippen molar-refractivity contribution in [1.82, 2.24) is 25.8 Å². The predicted octanol–water partition coefficient (Wildman–Crippen LogP) is 1.15. The van der Waals surface area contributed by atoms with Crippen LogP contribution in [0.5, 0.6) is 0 Å². The van der Waals surface area contributed by atoms with Crippen LogP contribution < -0.4 is 16.0 Å². The fourth-order valence-electron chi connectivity index (χ4n) is 5.06. The van der Waals surface area contributed by atoms with Gasteiger partial charge in [0.2, 0.25) is 17.3 Å². The van der Waals surface area contributed by atoms with Gasteiger partial charge in [-0.2, -0.15) is 0 Å². The van der Waals surface area contributed by atoms with Gasteiger partial charge < -0.3 is 49.9 Å².